The topological polar surface area (TPSA) is 66.9 Å². The van der Waals surface area contributed by atoms with Crippen LogP contribution in [0.2, 0.25) is 0 Å². The summed E-state index contributed by atoms with van der Waals surface area (Å²) in [5, 5.41) is 6.32. The van der Waals surface area contributed by atoms with E-state index in [9.17, 15) is 9.18 Å². The molecule has 0 bridgehead atoms. The first-order valence-corrected chi connectivity index (χ1v) is 9.75. The number of anilines is 1. The molecule has 2 N–H and O–H groups in total. The summed E-state index contributed by atoms with van der Waals surface area (Å²) >= 11 is 0. The number of aromatic nitrogens is 2. The molecule has 1 amide bonds. The van der Waals surface area contributed by atoms with Crippen molar-refractivity contribution in [2.24, 2.45) is 0 Å². The Morgan fingerprint density at radius 1 is 1.11 bits per heavy atom. The van der Waals surface area contributed by atoms with Gasteiger partial charge < -0.3 is 10.6 Å². The van der Waals surface area contributed by atoms with Crippen molar-refractivity contribution < 1.29 is 9.18 Å². The number of benzene rings is 1. The predicted molar refractivity (Wildman–Crippen MR) is 103 cm³/mol. The zero-order valence-corrected chi connectivity index (χ0v) is 15.5. The van der Waals surface area contributed by atoms with Gasteiger partial charge in [0.05, 0.1) is 6.20 Å². The van der Waals surface area contributed by atoms with Crippen molar-refractivity contribution in [1.29, 1.82) is 0 Å². The van der Waals surface area contributed by atoms with Crippen molar-refractivity contribution >= 4 is 11.9 Å². The molecule has 1 aromatic carbocycles. The van der Waals surface area contributed by atoms with E-state index in [0.717, 1.165) is 31.2 Å². The summed E-state index contributed by atoms with van der Waals surface area (Å²) in [5.74, 6) is 0.701. The number of hydrogen-bond acceptors (Lipinski definition) is 4. The van der Waals surface area contributed by atoms with Crippen LogP contribution >= 0.6 is 0 Å². The number of halogens is 1. The molecule has 1 heterocycles. The van der Waals surface area contributed by atoms with Gasteiger partial charge in [0.1, 0.15) is 5.69 Å². The van der Waals surface area contributed by atoms with Crippen molar-refractivity contribution in [2.75, 3.05) is 5.32 Å². The molecule has 0 aliphatic heterocycles. The van der Waals surface area contributed by atoms with Crippen LogP contribution in [-0.2, 0) is 4.79 Å². The fourth-order valence-electron chi connectivity index (χ4n) is 3.85. The first kappa shape index (κ1) is 17.9. The minimum absolute atomic E-state index is 0.0198. The maximum absolute atomic E-state index is 14.4. The zero-order chi connectivity index (χ0) is 18.8. The van der Waals surface area contributed by atoms with Gasteiger partial charge in [0.2, 0.25) is 11.9 Å². The van der Waals surface area contributed by atoms with Crippen LogP contribution in [0.5, 0.6) is 0 Å². The summed E-state index contributed by atoms with van der Waals surface area (Å²) in [6.45, 7) is 1.55. The number of nitrogens with one attached hydrogen (secondary N) is 2. The summed E-state index contributed by atoms with van der Waals surface area (Å²) in [6, 6.07) is 8.51. The Balaban J connectivity index is 1.45. The van der Waals surface area contributed by atoms with Crippen LogP contribution in [0.4, 0.5) is 10.3 Å². The molecule has 4 rings (SSSR count). The van der Waals surface area contributed by atoms with E-state index >= 15 is 0 Å². The first-order valence-electron chi connectivity index (χ1n) is 9.75. The quantitative estimate of drug-likeness (QED) is 0.836. The van der Waals surface area contributed by atoms with Gasteiger partial charge in [0, 0.05) is 24.6 Å². The molecule has 1 aromatic heterocycles. The third-order valence-corrected chi connectivity index (χ3v) is 5.42. The van der Waals surface area contributed by atoms with Crippen molar-refractivity contribution in [3.63, 3.8) is 0 Å². The Bertz CT molecular complexity index is 829. The Morgan fingerprint density at radius 3 is 2.56 bits per heavy atom. The highest BCUT2D eigenvalue weighted by atomic mass is 19.1. The van der Waals surface area contributed by atoms with Gasteiger partial charge in [-0.25, -0.2) is 14.4 Å². The van der Waals surface area contributed by atoms with Crippen LogP contribution in [0.15, 0.2) is 30.5 Å². The van der Waals surface area contributed by atoms with Crippen molar-refractivity contribution in [3.05, 3.63) is 41.8 Å². The third kappa shape index (κ3) is 4.43. The van der Waals surface area contributed by atoms with Crippen LogP contribution in [0.3, 0.4) is 0 Å². The lowest BCUT2D eigenvalue weighted by Gasteiger charge is -2.29. The Kier molecular flexibility index (Phi) is 5.05. The fourth-order valence-corrected chi connectivity index (χ4v) is 3.85. The molecule has 2 aromatic rings. The SMILES string of the molecule is CC(=O)NC1CCC(Nc2ncc(F)c(-c3cccc(C4CC4)c3)n2)CC1. The van der Waals surface area contributed by atoms with Crippen molar-refractivity contribution in [3.8, 4) is 11.3 Å². The van der Waals surface area contributed by atoms with Gasteiger partial charge in [-0.3, -0.25) is 4.79 Å². The molecule has 2 aliphatic carbocycles. The highest BCUT2D eigenvalue weighted by Gasteiger charge is 2.25. The second kappa shape index (κ2) is 7.62. The van der Waals surface area contributed by atoms with E-state index in [0.29, 0.717) is 17.6 Å². The van der Waals surface area contributed by atoms with Gasteiger partial charge in [0.25, 0.3) is 0 Å². The molecule has 0 spiro atoms. The number of amides is 1. The molecule has 0 saturated heterocycles. The summed E-state index contributed by atoms with van der Waals surface area (Å²) in [7, 11) is 0. The minimum Gasteiger partial charge on any atom is -0.354 e. The van der Waals surface area contributed by atoms with Crippen LogP contribution < -0.4 is 10.6 Å². The fraction of sp³-hybridized carbons (Fsp3) is 0.476. The molecular weight excluding hydrogens is 343 g/mol. The number of carbonyl (C=O) groups is 1. The lowest BCUT2D eigenvalue weighted by molar-refractivity contribution is -0.119. The van der Waals surface area contributed by atoms with Crippen LogP contribution in [0.25, 0.3) is 11.3 Å². The standard InChI is InChI=1S/C21H25FN4O/c1-13(27)24-17-7-9-18(10-8-17)25-21-23-12-19(22)20(26-21)16-4-2-3-15(11-16)14-5-6-14/h2-4,11-12,14,17-18H,5-10H2,1H3,(H,24,27)(H,23,25,26). The largest absolute Gasteiger partial charge is 0.354 e. The summed E-state index contributed by atoms with van der Waals surface area (Å²) in [5.41, 5.74) is 2.41. The Hall–Kier alpha value is -2.50. The van der Waals surface area contributed by atoms with E-state index in [1.165, 1.54) is 24.6 Å². The lowest BCUT2D eigenvalue weighted by atomic mass is 9.91. The molecule has 5 nitrogen and oxygen atoms in total. The van der Waals surface area contributed by atoms with Crippen LogP contribution in [0.1, 0.15) is 56.9 Å². The van der Waals surface area contributed by atoms with Crippen LogP contribution in [0, 0.1) is 5.82 Å². The average Bonchev–Trinajstić information content (AvgIpc) is 3.50. The maximum atomic E-state index is 14.4. The monoisotopic (exact) mass is 368 g/mol. The normalized spacial score (nSPS) is 22.3. The van der Waals surface area contributed by atoms with Gasteiger partial charge in [0.15, 0.2) is 5.82 Å². The highest BCUT2D eigenvalue weighted by molar-refractivity contribution is 5.73. The van der Waals surface area contributed by atoms with E-state index < -0.39 is 5.82 Å². The molecule has 2 fully saturated rings. The first-order chi connectivity index (χ1) is 13.1. The van der Waals surface area contributed by atoms with Crippen molar-refractivity contribution in [1.82, 2.24) is 15.3 Å². The molecule has 0 radical (unpaired) electrons. The molecule has 2 aliphatic rings. The Morgan fingerprint density at radius 2 is 1.85 bits per heavy atom. The maximum Gasteiger partial charge on any atom is 0.223 e. The van der Waals surface area contributed by atoms with Gasteiger partial charge in [-0.15, -0.1) is 0 Å². The molecule has 6 heteroatoms. The molecule has 0 unspecified atom stereocenters. The van der Waals surface area contributed by atoms with E-state index in [4.69, 9.17) is 0 Å². The highest BCUT2D eigenvalue weighted by Crippen LogP contribution is 2.41. The number of rotatable bonds is 5. The summed E-state index contributed by atoms with van der Waals surface area (Å²) in [4.78, 5) is 19.8. The van der Waals surface area contributed by atoms with E-state index in [1.807, 2.05) is 18.2 Å². The molecule has 0 atom stereocenters. The Labute approximate surface area is 158 Å². The van der Waals surface area contributed by atoms with E-state index in [2.05, 4.69) is 26.7 Å². The third-order valence-electron chi connectivity index (χ3n) is 5.42. The zero-order valence-electron chi connectivity index (χ0n) is 15.5. The molecule has 142 valence electrons. The second-order valence-electron chi connectivity index (χ2n) is 7.68. The van der Waals surface area contributed by atoms with Crippen LogP contribution in [-0.4, -0.2) is 28.0 Å². The molecule has 27 heavy (non-hydrogen) atoms. The van der Waals surface area contributed by atoms with Gasteiger partial charge >= 0.3 is 0 Å². The lowest BCUT2D eigenvalue weighted by Crippen LogP contribution is -2.39. The number of carbonyl (C=O) groups excluding carboxylic acids is 1. The second-order valence-corrected chi connectivity index (χ2v) is 7.68. The predicted octanol–water partition coefficient (Wildman–Crippen LogP) is 4.02. The molecule has 2 saturated carbocycles. The van der Waals surface area contributed by atoms with Gasteiger partial charge in [-0.1, -0.05) is 18.2 Å². The summed E-state index contributed by atoms with van der Waals surface area (Å²) < 4.78 is 14.4. The van der Waals surface area contributed by atoms with E-state index in [1.54, 1.807) is 6.92 Å². The smallest absolute Gasteiger partial charge is 0.223 e. The van der Waals surface area contributed by atoms with Gasteiger partial charge in [-0.05, 0) is 56.1 Å². The van der Waals surface area contributed by atoms with Gasteiger partial charge in [-0.2, -0.15) is 0 Å². The number of nitrogens with zero attached hydrogens (tertiary/aromatic N) is 2. The number of hydrogen-bond donors (Lipinski definition) is 2. The molecular formula is C21H25FN4O. The average molecular weight is 368 g/mol. The summed E-state index contributed by atoms with van der Waals surface area (Å²) in [6.07, 6.45) is 7.38. The minimum atomic E-state index is -0.400. The van der Waals surface area contributed by atoms with E-state index in [-0.39, 0.29) is 18.0 Å². The van der Waals surface area contributed by atoms with Crippen molar-refractivity contribution in [2.45, 2.75) is 63.5 Å².